The Kier molecular flexibility index (Phi) is 21.0. The van der Waals surface area contributed by atoms with Gasteiger partial charge in [-0.2, -0.15) is 0 Å². The highest BCUT2D eigenvalue weighted by Crippen LogP contribution is 2.43. The largest absolute Gasteiger partial charge is 0.103 e. The van der Waals surface area contributed by atoms with Crippen molar-refractivity contribution in [3.63, 3.8) is 0 Å². The fourth-order valence-corrected chi connectivity index (χ4v) is 4.61. The summed E-state index contributed by atoms with van der Waals surface area (Å²) in [6, 6.07) is 0. The Morgan fingerprint density at radius 2 is 1.73 bits per heavy atom. The summed E-state index contributed by atoms with van der Waals surface area (Å²) in [5, 5.41) is 0. The first-order chi connectivity index (χ1) is 15.5. The summed E-state index contributed by atoms with van der Waals surface area (Å²) in [6.07, 6.45) is 23.2. The van der Waals surface area contributed by atoms with Gasteiger partial charge in [0, 0.05) is 0 Å². The minimum atomic E-state index is 0.699. The average Bonchev–Trinajstić information content (AvgIpc) is 3.13. The van der Waals surface area contributed by atoms with Crippen molar-refractivity contribution in [2.24, 2.45) is 29.1 Å². The van der Waals surface area contributed by atoms with Gasteiger partial charge in [0.2, 0.25) is 0 Å². The lowest BCUT2D eigenvalue weighted by atomic mass is 9.85. The summed E-state index contributed by atoms with van der Waals surface area (Å²) in [5.41, 5.74) is 3.73. The van der Waals surface area contributed by atoms with Crippen molar-refractivity contribution in [1.82, 2.24) is 0 Å². The first kappa shape index (κ1) is 34.1. The van der Waals surface area contributed by atoms with Gasteiger partial charge in [-0.05, 0) is 74.2 Å². The van der Waals surface area contributed by atoms with Gasteiger partial charge in [0.05, 0.1) is 0 Å². The Morgan fingerprint density at radius 1 is 1.15 bits per heavy atom. The molecule has 2 aliphatic carbocycles. The molecule has 0 heterocycles. The third-order valence-corrected chi connectivity index (χ3v) is 7.44. The molecule has 0 spiro atoms. The lowest BCUT2D eigenvalue weighted by Crippen LogP contribution is -2.09. The van der Waals surface area contributed by atoms with Crippen LogP contribution in [0.4, 0.5) is 0 Å². The molecule has 33 heavy (non-hydrogen) atoms. The zero-order valence-corrected chi connectivity index (χ0v) is 24.8. The van der Waals surface area contributed by atoms with Gasteiger partial charge in [-0.15, -0.1) is 6.58 Å². The van der Waals surface area contributed by atoms with E-state index in [1.807, 2.05) is 6.92 Å². The number of allylic oxidation sites excluding steroid dienone is 7. The zero-order chi connectivity index (χ0) is 25.9. The van der Waals surface area contributed by atoms with Gasteiger partial charge >= 0.3 is 0 Å². The molecule has 0 aromatic rings. The Bertz CT molecular complexity index is 561. The second kappa shape index (κ2) is 20.3. The van der Waals surface area contributed by atoms with Gasteiger partial charge in [-0.3, -0.25) is 0 Å². The van der Waals surface area contributed by atoms with Gasteiger partial charge in [-0.1, -0.05) is 130 Å². The van der Waals surface area contributed by atoms with Crippen molar-refractivity contribution in [3.05, 3.63) is 48.1 Å². The molecule has 0 nitrogen and oxygen atoms in total. The second-order valence-electron chi connectivity index (χ2n) is 11.1. The summed E-state index contributed by atoms with van der Waals surface area (Å²) in [7, 11) is 0. The van der Waals surface area contributed by atoms with Crippen LogP contribution in [0.1, 0.15) is 134 Å². The molecule has 0 heteroatoms. The average molecular weight is 459 g/mol. The van der Waals surface area contributed by atoms with Gasteiger partial charge < -0.3 is 0 Å². The molecule has 2 rings (SSSR count). The van der Waals surface area contributed by atoms with Crippen LogP contribution in [0.3, 0.4) is 0 Å². The lowest BCUT2D eigenvalue weighted by Gasteiger charge is -2.20. The molecule has 0 N–H and O–H groups in total. The van der Waals surface area contributed by atoms with E-state index in [2.05, 4.69) is 100 Å². The smallest absolute Gasteiger partial charge is 0.0188 e. The predicted molar refractivity (Wildman–Crippen MR) is 156 cm³/mol. The first-order valence-corrected chi connectivity index (χ1v) is 14.2. The Hall–Kier alpha value is -1.04. The molecule has 0 amide bonds. The Balaban J connectivity index is 0. The van der Waals surface area contributed by atoms with Crippen molar-refractivity contribution < 1.29 is 0 Å². The molecule has 1 fully saturated rings. The van der Waals surface area contributed by atoms with Crippen molar-refractivity contribution in [3.8, 4) is 0 Å². The van der Waals surface area contributed by atoms with Crippen molar-refractivity contribution in [2.75, 3.05) is 0 Å². The lowest BCUT2D eigenvalue weighted by molar-refractivity contribution is 0.312. The van der Waals surface area contributed by atoms with Gasteiger partial charge in [-0.25, -0.2) is 0 Å². The molecule has 2 aliphatic rings. The van der Waals surface area contributed by atoms with Crippen LogP contribution in [0.15, 0.2) is 48.1 Å². The standard InChI is InChI=1S/C18H30.C9H18.C3H8.C3H6/c1-6-9-14(2)17(5)15(3)12-13-18-11-8-7-10-16(18)4;1-4-9(3)6-5-8(2)7-9;2*1-3-2/h8,11-14,16-17H,6-7,9-10H2,1-5H3;8H,4-7H2,1-3H3;3H2,1-2H3;3H,1H2,2H3/b15-12-,18-13-;;;. The SMILES string of the molecule is C=CC.CCC.CCC1(C)CCC(C)C1.CCCC(C)C(C)/C(C)=C\C=C1\C=CCCC1C. The highest BCUT2D eigenvalue weighted by molar-refractivity contribution is 5.29. The quantitative estimate of drug-likeness (QED) is 0.347. The molecule has 0 bridgehead atoms. The van der Waals surface area contributed by atoms with Crippen LogP contribution in [0.2, 0.25) is 0 Å². The van der Waals surface area contributed by atoms with Crippen LogP contribution in [0, 0.1) is 29.1 Å². The fraction of sp³-hybridized carbons (Fsp3) is 0.758. The fourth-order valence-electron chi connectivity index (χ4n) is 4.61. The first-order valence-electron chi connectivity index (χ1n) is 14.2. The van der Waals surface area contributed by atoms with Gasteiger partial charge in [0.1, 0.15) is 0 Å². The Morgan fingerprint density at radius 3 is 2.12 bits per heavy atom. The minimum Gasteiger partial charge on any atom is -0.103 e. The monoisotopic (exact) mass is 458 g/mol. The summed E-state index contributed by atoms with van der Waals surface area (Å²) in [5.74, 6) is 3.21. The maximum absolute atomic E-state index is 3.36. The molecule has 0 saturated heterocycles. The molecule has 1 saturated carbocycles. The number of hydrogen-bond donors (Lipinski definition) is 0. The summed E-state index contributed by atoms with van der Waals surface area (Å²) >= 11 is 0. The predicted octanol–water partition coefficient (Wildman–Crippen LogP) is 11.7. The van der Waals surface area contributed by atoms with Crippen LogP contribution in [0.25, 0.3) is 0 Å². The minimum absolute atomic E-state index is 0.699. The van der Waals surface area contributed by atoms with Gasteiger partial charge in [0.25, 0.3) is 0 Å². The molecule has 5 atom stereocenters. The molecule has 0 aromatic heterocycles. The third kappa shape index (κ3) is 16.3. The van der Waals surface area contributed by atoms with Crippen LogP contribution in [-0.2, 0) is 0 Å². The topological polar surface area (TPSA) is 0 Å². The maximum atomic E-state index is 3.36. The third-order valence-electron chi connectivity index (χ3n) is 7.44. The van der Waals surface area contributed by atoms with Crippen LogP contribution in [0.5, 0.6) is 0 Å². The molecule has 0 aliphatic heterocycles. The molecular weight excluding hydrogens is 396 g/mol. The molecular formula is C33H62. The van der Waals surface area contributed by atoms with Crippen LogP contribution in [-0.4, -0.2) is 0 Å². The molecule has 0 radical (unpaired) electrons. The maximum Gasteiger partial charge on any atom is -0.0188 e. The van der Waals surface area contributed by atoms with Crippen molar-refractivity contribution in [2.45, 2.75) is 134 Å². The van der Waals surface area contributed by atoms with E-state index < -0.39 is 0 Å². The van der Waals surface area contributed by atoms with Crippen molar-refractivity contribution in [1.29, 1.82) is 0 Å². The van der Waals surface area contributed by atoms with E-state index in [1.54, 1.807) is 6.08 Å². The van der Waals surface area contributed by atoms with Crippen LogP contribution < -0.4 is 0 Å². The highest BCUT2D eigenvalue weighted by Gasteiger charge is 2.30. The number of hydrogen-bond acceptors (Lipinski definition) is 0. The Labute approximate surface area is 211 Å². The van der Waals surface area contributed by atoms with E-state index in [0.717, 1.165) is 17.8 Å². The van der Waals surface area contributed by atoms with Crippen LogP contribution >= 0.6 is 0 Å². The summed E-state index contributed by atoms with van der Waals surface area (Å²) in [6.45, 7) is 28.3. The number of rotatable bonds is 6. The van der Waals surface area contributed by atoms with E-state index in [0.29, 0.717) is 11.3 Å². The zero-order valence-electron chi connectivity index (χ0n) is 24.8. The van der Waals surface area contributed by atoms with E-state index in [9.17, 15) is 0 Å². The van der Waals surface area contributed by atoms with E-state index in [-0.39, 0.29) is 0 Å². The molecule has 194 valence electrons. The highest BCUT2D eigenvalue weighted by atomic mass is 14.4. The van der Waals surface area contributed by atoms with Gasteiger partial charge in [0.15, 0.2) is 0 Å². The summed E-state index contributed by atoms with van der Waals surface area (Å²) in [4.78, 5) is 0. The second-order valence-corrected chi connectivity index (χ2v) is 11.1. The van der Waals surface area contributed by atoms with E-state index in [1.165, 1.54) is 68.9 Å². The van der Waals surface area contributed by atoms with E-state index >= 15 is 0 Å². The molecule has 0 aromatic carbocycles. The normalized spacial score (nSPS) is 27.2. The van der Waals surface area contributed by atoms with Crippen molar-refractivity contribution >= 4 is 0 Å². The molecule has 5 unspecified atom stereocenters. The summed E-state index contributed by atoms with van der Waals surface area (Å²) < 4.78 is 0. The van der Waals surface area contributed by atoms with E-state index in [4.69, 9.17) is 0 Å².